The summed E-state index contributed by atoms with van der Waals surface area (Å²) >= 11 is 0. The Morgan fingerprint density at radius 2 is 0.757 bits per heavy atom. The van der Waals surface area contributed by atoms with Crippen molar-refractivity contribution in [3.05, 3.63) is 283 Å². The normalized spacial score (nSPS) is 12.7. The number of para-hydroxylation sites is 3. The summed E-state index contributed by atoms with van der Waals surface area (Å²) in [5.41, 5.74) is 22.7. The van der Waals surface area contributed by atoms with Crippen LogP contribution in [0, 0.1) is 0 Å². The molecule has 0 bridgehead atoms. The van der Waals surface area contributed by atoms with Gasteiger partial charge in [-0.1, -0.05) is 194 Å². The van der Waals surface area contributed by atoms with Gasteiger partial charge in [0.1, 0.15) is 7.85 Å². The van der Waals surface area contributed by atoms with E-state index < -0.39 is 5.41 Å². The fraction of sp³-hybridized carbons (Fsp3) is 0.0149. The van der Waals surface area contributed by atoms with Gasteiger partial charge in [-0.05, 0) is 140 Å². The largest absolute Gasteiger partial charge is 0.309 e. The molecule has 0 saturated carbocycles. The molecule has 0 atom stereocenters. The molecule has 0 fully saturated rings. The van der Waals surface area contributed by atoms with E-state index in [0.717, 1.165) is 11.4 Å². The Labute approximate surface area is 408 Å². The molecule has 0 aliphatic heterocycles. The highest BCUT2D eigenvalue weighted by molar-refractivity contribution is 6.32. The van der Waals surface area contributed by atoms with Crippen molar-refractivity contribution in [2.75, 3.05) is 0 Å². The summed E-state index contributed by atoms with van der Waals surface area (Å²) in [6.45, 7) is 0. The first-order valence-corrected chi connectivity index (χ1v) is 24.3. The van der Waals surface area contributed by atoms with Gasteiger partial charge in [0.15, 0.2) is 0 Å². The number of aromatic nitrogens is 2. The van der Waals surface area contributed by atoms with E-state index in [-0.39, 0.29) is 0 Å². The van der Waals surface area contributed by atoms with E-state index in [1.807, 2.05) is 0 Å². The second-order valence-corrected chi connectivity index (χ2v) is 18.9. The third kappa shape index (κ3) is 6.08. The van der Waals surface area contributed by atoms with Crippen LogP contribution in [0.5, 0.6) is 0 Å². The number of fused-ring (bicyclic) bond motifs is 9. The molecule has 2 nitrogen and oxygen atoms in total. The zero-order valence-corrected chi connectivity index (χ0v) is 38.7. The molecule has 0 amide bonds. The first-order valence-electron chi connectivity index (χ1n) is 24.3. The fourth-order valence-electron chi connectivity index (χ4n) is 11.9. The number of rotatable bonds is 7. The molecule has 13 aromatic rings. The van der Waals surface area contributed by atoms with Gasteiger partial charge in [-0.2, -0.15) is 0 Å². The second kappa shape index (κ2) is 15.8. The summed E-state index contributed by atoms with van der Waals surface area (Å²) in [4.78, 5) is 0. The first-order chi connectivity index (χ1) is 34.6. The summed E-state index contributed by atoms with van der Waals surface area (Å²) in [6.07, 6.45) is 0. The summed E-state index contributed by atoms with van der Waals surface area (Å²) in [6, 6.07) is 96.8. The zero-order valence-electron chi connectivity index (χ0n) is 38.7. The molecule has 14 rings (SSSR count). The van der Waals surface area contributed by atoms with Crippen molar-refractivity contribution in [1.82, 2.24) is 9.13 Å². The Hall–Kier alpha value is -8.92. The minimum absolute atomic E-state index is 0.444. The topological polar surface area (TPSA) is 9.86 Å². The summed E-state index contributed by atoms with van der Waals surface area (Å²) in [5.74, 6) is 0. The SMILES string of the molecule is Bc1ccc(-c2cc(-c3ccc4c(c3)c3ccccc3n4-c3ccc4c(c3)-c3ccccc3C4(c3ccccc3)c3ccccc3)cc(-c3ccc4c5ccccc5n(-c5ccccc5)c4c3)c2)cc1. The van der Waals surface area contributed by atoms with E-state index in [1.165, 1.54) is 116 Å². The van der Waals surface area contributed by atoms with Crippen molar-refractivity contribution < 1.29 is 0 Å². The molecule has 2 aromatic heterocycles. The number of hydrogen-bond acceptors (Lipinski definition) is 0. The van der Waals surface area contributed by atoms with Gasteiger partial charge in [0.05, 0.1) is 27.5 Å². The molecular weight excluding hydrogens is 844 g/mol. The molecule has 1 aliphatic rings. The summed E-state index contributed by atoms with van der Waals surface area (Å²) in [7, 11) is 2.16. The monoisotopic (exact) mass is 888 g/mol. The number of nitrogens with zero attached hydrogens (tertiary/aromatic N) is 2. The van der Waals surface area contributed by atoms with Crippen LogP contribution in [0.2, 0.25) is 0 Å². The van der Waals surface area contributed by atoms with E-state index in [2.05, 4.69) is 278 Å². The Bertz CT molecular complexity index is 4130. The van der Waals surface area contributed by atoms with Gasteiger partial charge in [0.25, 0.3) is 0 Å². The van der Waals surface area contributed by atoms with E-state index in [1.54, 1.807) is 0 Å². The molecule has 0 spiro atoms. The van der Waals surface area contributed by atoms with Crippen molar-refractivity contribution in [1.29, 1.82) is 0 Å². The van der Waals surface area contributed by atoms with Gasteiger partial charge >= 0.3 is 0 Å². The lowest BCUT2D eigenvalue weighted by Gasteiger charge is -2.33. The smallest absolute Gasteiger partial charge is 0.139 e. The third-order valence-corrected chi connectivity index (χ3v) is 15.0. The maximum Gasteiger partial charge on any atom is 0.139 e. The van der Waals surface area contributed by atoms with Crippen LogP contribution in [0.15, 0.2) is 261 Å². The molecule has 0 saturated heterocycles. The molecule has 3 heteroatoms. The summed E-state index contributed by atoms with van der Waals surface area (Å²) < 4.78 is 4.88. The van der Waals surface area contributed by atoms with Crippen LogP contribution in [0.1, 0.15) is 22.3 Å². The van der Waals surface area contributed by atoms with Crippen molar-refractivity contribution in [2.24, 2.45) is 0 Å². The predicted molar refractivity (Wildman–Crippen MR) is 297 cm³/mol. The highest BCUT2D eigenvalue weighted by Crippen LogP contribution is 2.56. The van der Waals surface area contributed by atoms with Crippen molar-refractivity contribution in [2.45, 2.75) is 5.41 Å². The lowest BCUT2D eigenvalue weighted by Crippen LogP contribution is -2.28. The molecule has 0 unspecified atom stereocenters. The average molecular weight is 889 g/mol. The van der Waals surface area contributed by atoms with Gasteiger partial charge < -0.3 is 9.13 Å². The van der Waals surface area contributed by atoms with Gasteiger partial charge in [0.2, 0.25) is 0 Å². The zero-order chi connectivity index (χ0) is 46.3. The van der Waals surface area contributed by atoms with Crippen LogP contribution >= 0.6 is 0 Å². The van der Waals surface area contributed by atoms with Crippen LogP contribution in [0.3, 0.4) is 0 Å². The van der Waals surface area contributed by atoms with E-state index in [9.17, 15) is 0 Å². The lowest BCUT2D eigenvalue weighted by atomic mass is 9.68. The minimum atomic E-state index is -0.444. The Morgan fingerprint density at radius 3 is 1.44 bits per heavy atom. The molecular formula is C67H45BN2. The van der Waals surface area contributed by atoms with Crippen LogP contribution in [0.25, 0.3) is 99.5 Å². The standard InChI is InChI=1S/C67H45BN2/c68-52-32-28-44(29-33-52)47-38-48(40-49(39-47)46-30-35-58-56-23-11-14-26-63(56)69(66(58)42-46)53-20-8-3-9-21-53)45-31-37-65-60(41-45)57-24-12-15-27-64(57)70(65)54-34-36-62-59(43-54)55-22-10-13-25-61(55)67(62,50-16-4-1-5-17-50)51-18-6-2-7-19-51/h1-43H,68H2. The van der Waals surface area contributed by atoms with Gasteiger partial charge in [-0.3, -0.25) is 0 Å². The number of hydrogen-bond donors (Lipinski definition) is 0. The van der Waals surface area contributed by atoms with E-state index in [0.29, 0.717) is 0 Å². The van der Waals surface area contributed by atoms with Gasteiger partial charge in [-0.15, -0.1) is 0 Å². The van der Waals surface area contributed by atoms with Crippen LogP contribution in [0.4, 0.5) is 0 Å². The Morgan fingerprint density at radius 1 is 0.271 bits per heavy atom. The number of benzene rings is 11. The van der Waals surface area contributed by atoms with Crippen LogP contribution in [-0.2, 0) is 5.41 Å². The highest BCUT2D eigenvalue weighted by Gasteiger charge is 2.46. The van der Waals surface area contributed by atoms with E-state index >= 15 is 0 Å². The van der Waals surface area contributed by atoms with Gasteiger partial charge in [0, 0.05) is 32.9 Å². The predicted octanol–water partition coefficient (Wildman–Crippen LogP) is 15.5. The molecule has 2 heterocycles. The van der Waals surface area contributed by atoms with Gasteiger partial charge in [-0.25, -0.2) is 0 Å². The first kappa shape index (κ1) is 40.2. The molecule has 70 heavy (non-hydrogen) atoms. The molecule has 0 N–H and O–H groups in total. The minimum Gasteiger partial charge on any atom is -0.309 e. The van der Waals surface area contributed by atoms with E-state index in [4.69, 9.17) is 0 Å². The maximum atomic E-state index is 2.47. The second-order valence-electron chi connectivity index (χ2n) is 18.9. The summed E-state index contributed by atoms with van der Waals surface area (Å²) in [5, 5.41) is 4.97. The molecule has 0 radical (unpaired) electrons. The average Bonchev–Trinajstić information content (AvgIpc) is 4.05. The quantitative estimate of drug-likeness (QED) is 0.141. The highest BCUT2D eigenvalue weighted by atomic mass is 15.0. The third-order valence-electron chi connectivity index (χ3n) is 15.0. The lowest BCUT2D eigenvalue weighted by molar-refractivity contribution is 0.768. The molecule has 11 aromatic carbocycles. The van der Waals surface area contributed by atoms with Crippen molar-refractivity contribution in [3.63, 3.8) is 0 Å². The fourth-order valence-corrected chi connectivity index (χ4v) is 11.9. The molecule has 1 aliphatic carbocycles. The Kier molecular flexibility index (Phi) is 9.09. The van der Waals surface area contributed by atoms with Crippen LogP contribution in [-0.4, -0.2) is 17.0 Å². The molecule has 326 valence electrons. The van der Waals surface area contributed by atoms with Crippen LogP contribution < -0.4 is 5.46 Å². The Balaban J connectivity index is 0.945. The van der Waals surface area contributed by atoms with Crippen molar-refractivity contribution >= 4 is 56.9 Å². The van der Waals surface area contributed by atoms with Crippen molar-refractivity contribution in [3.8, 4) is 55.9 Å². The maximum absolute atomic E-state index is 2.47.